The van der Waals surface area contributed by atoms with Crippen molar-refractivity contribution in [2.75, 3.05) is 20.2 Å². The molecule has 5 heteroatoms. The summed E-state index contributed by atoms with van der Waals surface area (Å²) in [6.45, 7) is 21.0. The summed E-state index contributed by atoms with van der Waals surface area (Å²) in [4.78, 5) is 24.9. The van der Waals surface area contributed by atoms with Crippen LogP contribution < -0.4 is 5.73 Å². The quantitative estimate of drug-likeness (QED) is 0.226. The number of primary amides is 1. The van der Waals surface area contributed by atoms with Crippen LogP contribution in [0.15, 0.2) is 36.0 Å². The van der Waals surface area contributed by atoms with Crippen molar-refractivity contribution in [3.63, 3.8) is 0 Å². The van der Waals surface area contributed by atoms with Gasteiger partial charge in [0, 0.05) is 26.6 Å². The molecule has 3 atom stereocenters. The molecule has 0 aromatic heterocycles. The predicted octanol–water partition coefficient (Wildman–Crippen LogP) is 8.25. The van der Waals surface area contributed by atoms with Gasteiger partial charge in [0.2, 0.25) is 11.8 Å². The molecule has 2 N–H and O–H groups in total. The van der Waals surface area contributed by atoms with Crippen molar-refractivity contribution in [2.45, 2.75) is 126 Å². The lowest BCUT2D eigenvalue weighted by molar-refractivity contribution is -0.130. The molecule has 0 aromatic carbocycles. The zero-order valence-electron chi connectivity index (χ0n) is 26.6. The standard InChI is InChI=1S/C17H27NO.C12H23NO2.2C2H6/c1-17(2,3)15-10-8-14(9-11-15)13-18-12-6-4-5-7-16(18)19;1-4-10(2)8-6-5-7-9-11(15-3)12(13)14;2*1-2/h8-10,15H,4-7,11-13H2,1-3H3;6,8,10-11H,4-5,7,9H2,1-3H3,(H2,13,14);2*1-2H3/b;8-6+;;. The van der Waals surface area contributed by atoms with Gasteiger partial charge in [0.15, 0.2) is 0 Å². The summed E-state index contributed by atoms with van der Waals surface area (Å²) in [5.74, 6) is 1.23. The number of hydrogen-bond donors (Lipinski definition) is 1. The van der Waals surface area contributed by atoms with E-state index in [4.69, 9.17) is 10.5 Å². The zero-order chi connectivity index (χ0) is 29.6. The van der Waals surface area contributed by atoms with E-state index in [1.54, 1.807) is 0 Å². The largest absolute Gasteiger partial charge is 0.372 e. The Balaban J connectivity index is 0. The SMILES string of the molecule is CC.CC.CC(C)(C)C1C=CC(CN2CCCCCC2=O)=CC1.CCC(C)/C=C/CCCC(OC)C(N)=O. The molecule has 0 radical (unpaired) electrons. The number of amides is 2. The van der Waals surface area contributed by atoms with Crippen molar-refractivity contribution in [3.05, 3.63) is 36.0 Å². The lowest BCUT2D eigenvalue weighted by Gasteiger charge is -2.30. The summed E-state index contributed by atoms with van der Waals surface area (Å²) in [5.41, 5.74) is 6.80. The fourth-order valence-corrected chi connectivity index (χ4v) is 4.11. The maximum atomic E-state index is 12.0. The summed E-state index contributed by atoms with van der Waals surface area (Å²) >= 11 is 0. The van der Waals surface area contributed by atoms with E-state index >= 15 is 0 Å². The average Bonchev–Trinajstić information content (AvgIpc) is 3.12. The maximum Gasteiger partial charge on any atom is 0.246 e. The number of nitrogens with zero attached hydrogens (tertiary/aromatic N) is 1. The van der Waals surface area contributed by atoms with E-state index in [-0.39, 0.29) is 5.91 Å². The van der Waals surface area contributed by atoms with Gasteiger partial charge >= 0.3 is 0 Å². The average molecular weight is 535 g/mol. The number of allylic oxidation sites excluding steroid dienone is 4. The molecule has 1 fully saturated rings. The molecule has 0 spiro atoms. The molecule has 222 valence electrons. The van der Waals surface area contributed by atoms with Crippen molar-refractivity contribution in [1.29, 1.82) is 0 Å². The highest BCUT2D eigenvalue weighted by Crippen LogP contribution is 2.33. The fourth-order valence-electron chi connectivity index (χ4n) is 4.11. The van der Waals surface area contributed by atoms with Gasteiger partial charge in [-0.1, -0.05) is 106 Å². The normalized spacial score (nSPS) is 19.0. The number of ether oxygens (including phenoxy) is 1. The van der Waals surface area contributed by atoms with Crippen molar-refractivity contribution in [2.24, 2.45) is 23.0 Å². The second kappa shape index (κ2) is 23.0. The smallest absolute Gasteiger partial charge is 0.246 e. The predicted molar refractivity (Wildman–Crippen MR) is 165 cm³/mol. The summed E-state index contributed by atoms with van der Waals surface area (Å²) in [6.07, 6.45) is 19.9. The number of hydrogen-bond acceptors (Lipinski definition) is 3. The molecule has 2 aliphatic rings. The first-order valence-electron chi connectivity index (χ1n) is 15.2. The highest BCUT2D eigenvalue weighted by molar-refractivity contribution is 5.78. The van der Waals surface area contributed by atoms with Crippen LogP contribution in [-0.2, 0) is 14.3 Å². The van der Waals surface area contributed by atoms with Gasteiger partial charge < -0.3 is 15.4 Å². The number of likely N-dealkylation sites (tertiary alicyclic amines) is 1. The van der Waals surface area contributed by atoms with Gasteiger partial charge in [-0.15, -0.1) is 0 Å². The minimum atomic E-state index is -0.429. The molecule has 1 heterocycles. The van der Waals surface area contributed by atoms with Crippen LogP contribution in [0.5, 0.6) is 0 Å². The lowest BCUT2D eigenvalue weighted by atomic mass is 9.76. The zero-order valence-corrected chi connectivity index (χ0v) is 26.6. The molecule has 38 heavy (non-hydrogen) atoms. The lowest BCUT2D eigenvalue weighted by Crippen LogP contribution is -2.32. The molecular weight excluding hydrogens is 472 g/mol. The third-order valence-corrected chi connectivity index (χ3v) is 6.88. The molecule has 5 nitrogen and oxygen atoms in total. The van der Waals surface area contributed by atoms with Gasteiger partial charge in [-0.3, -0.25) is 9.59 Å². The van der Waals surface area contributed by atoms with Gasteiger partial charge in [0.25, 0.3) is 0 Å². The van der Waals surface area contributed by atoms with Crippen molar-refractivity contribution >= 4 is 11.8 Å². The van der Waals surface area contributed by atoms with Gasteiger partial charge in [-0.25, -0.2) is 0 Å². The summed E-state index contributed by atoms with van der Waals surface area (Å²) in [5, 5.41) is 0. The molecule has 0 aromatic rings. The molecule has 0 saturated carbocycles. The van der Waals surface area contributed by atoms with Crippen molar-refractivity contribution in [1.82, 2.24) is 4.90 Å². The Morgan fingerprint density at radius 1 is 1.18 bits per heavy atom. The topological polar surface area (TPSA) is 72.6 Å². The molecule has 2 amide bonds. The van der Waals surface area contributed by atoms with Crippen LogP contribution in [0.2, 0.25) is 0 Å². The second-order valence-corrected chi connectivity index (χ2v) is 10.8. The highest BCUT2D eigenvalue weighted by atomic mass is 16.5. The fraction of sp³-hybridized carbons (Fsp3) is 0.758. The Hall–Kier alpha value is -1.88. The van der Waals surface area contributed by atoms with Gasteiger partial charge in [0.05, 0.1) is 0 Å². The summed E-state index contributed by atoms with van der Waals surface area (Å²) < 4.78 is 4.96. The molecule has 1 aliphatic carbocycles. The van der Waals surface area contributed by atoms with Gasteiger partial charge in [0.1, 0.15) is 6.10 Å². The van der Waals surface area contributed by atoms with Gasteiger partial charge in [-0.2, -0.15) is 0 Å². The molecule has 1 saturated heterocycles. The number of rotatable bonds is 10. The maximum absolute atomic E-state index is 12.0. The second-order valence-electron chi connectivity index (χ2n) is 10.8. The Morgan fingerprint density at radius 2 is 1.84 bits per heavy atom. The summed E-state index contributed by atoms with van der Waals surface area (Å²) in [6, 6.07) is 0. The third-order valence-electron chi connectivity index (χ3n) is 6.88. The Kier molecular flexibility index (Phi) is 23.2. The van der Waals surface area contributed by atoms with E-state index in [0.29, 0.717) is 29.6 Å². The first kappa shape index (κ1) is 38.3. The molecule has 2 rings (SSSR count). The highest BCUT2D eigenvalue weighted by Gasteiger charge is 2.24. The van der Waals surface area contributed by atoms with Crippen LogP contribution in [0.4, 0.5) is 0 Å². The van der Waals surface area contributed by atoms with E-state index in [1.807, 2.05) is 32.6 Å². The number of nitrogens with two attached hydrogens (primary N) is 1. The molecular formula is C33H62N2O3. The third kappa shape index (κ3) is 17.6. The number of methoxy groups -OCH3 is 1. The van der Waals surface area contributed by atoms with E-state index < -0.39 is 6.10 Å². The minimum absolute atomic E-state index is 0.330. The summed E-state index contributed by atoms with van der Waals surface area (Å²) in [7, 11) is 1.52. The van der Waals surface area contributed by atoms with Crippen LogP contribution in [-0.4, -0.2) is 43.0 Å². The van der Waals surface area contributed by atoms with Crippen LogP contribution >= 0.6 is 0 Å². The van der Waals surface area contributed by atoms with Crippen LogP contribution in [0, 0.1) is 17.3 Å². The van der Waals surface area contributed by atoms with Crippen LogP contribution in [0.25, 0.3) is 0 Å². The first-order valence-corrected chi connectivity index (χ1v) is 15.2. The van der Waals surface area contributed by atoms with E-state index in [1.165, 1.54) is 25.5 Å². The van der Waals surface area contributed by atoms with Crippen molar-refractivity contribution < 1.29 is 14.3 Å². The minimum Gasteiger partial charge on any atom is -0.372 e. The van der Waals surface area contributed by atoms with E-state index in [0.717, 1.165) is 51.6 Å². The van der Waals surface area contributed by atoms with Crippen LogP contribution in [0.1, 0.15) is 120 Å². The first-order chi connectivity index (χ1) is 18.1. The Labute approximate surface area is 236 Å². The van der Waals surface area contributed by atoms with E-state index in [2.05, 4.69) is 65.0 Å². The monoisotopic (exact) mass is 534 g/mol. The Morgan fingerprint density at radius 3 is 2.34 bits per heavy atom. The number of carbonyl (C=O) groups excluding carboxylic acids is 2. The molecule has 3 unspecified atom stereocenters. The number of carbonyl (C=O) groups is 2. The Bertz CT molecular complexity index is 704. The van der Waals surface area contributed by atoms with Crippen LogP contribution in [0.3, 0.4) is 0 Å². The molecule has 0 bridgehead atoms. The van der Waals surface area contributed by atoms with E-state index in [9.17, 15) is 9.59 Å². The van der Waals surface area contributed by atoms with Crippen molar-refractivity contribution in [3.8, 4) is 0 Å². The molecule has 1 aliphatic heterocycles. The van der Waals surface area contributed by atoms with Gasteiger partial charge in [-0.05, 0) is 61.3 Å². The number of unbranched alkanes of at least 4 members (excludes halogenated alkanes) is 1.